The molecule has 0 saturated carbocycles. The molecule has 0 radical (unpaired) electrons. The van der Waals surface area contributed by atoms with E-state index in [2.05, 4.69) is 34.5 Å². The van der Waals surface area contributed by atoms with Gasteiger partial charge in [0.05, 0.1) is 21.2 Å². The quantitative estimate of drug-likeness (QED) is 0.391. The van der Waals surface area contributed by atoms with Gasteiger partial charge < -0.3 is 10.2 Å². The first-order valence-corrected chi connectivity index (χ1v) is 10.8. The number of aliphatic imine (C=N–C) groups is 1. The Morgan fingerprint density at radius 1 is 1.48 bits per heavy atom. The van der Waals surface area contributed by atoms with Crippen LogP contribution >= 0.6 is 35.3 Å². The van der Waals surface area contributed by atoms with Crippen molar-refractivity contribution in [3.63, 3.8) is 0 Å². The van der Waals surface area contributed by atoms with E-state index in [9.17, 15) is 8.42 Å². The van der Waals surface area contributed by atoms with Crippen LogP contribution in [0.1, 0.15) is 44.3 Å². The smallest absolute Gasteiger partial charge is 0.193 e. The minimum absolute atomic E-state index is 0. The molecule has 1 aliphatic heterocycles. The first kappa shape index (κ1) is 22.6. The molecule has 25 heavy (non-hydrogen) atoms. The van der Waals surface area contributed by atoms with Crippen LogP contribution in [-0.2, 0) is 16.3 Å². The van der Waals surface area contributed by atoms with Gasteiger partial charge in [0.25, 0.3) is 0 Å². The van der Waals surface area contributed by atoms with E-state index in [0.717, 1.165) is 29.6 Å². The van der Waals surface area contributed by atoms with Crippen molar-refractivity contribution in [3.8, 4) is 0 Å². The van der Waals surface area contributed by atoms with Crippen molar-refractivity contribution in [2.24, 2.45) is 4.99 Å². The third kappa shape index (κ3) is 5.53. The summed E-state index contributed by atoms with van der Waals surface area (Å²) in [5.74, 6) is 1.39. The molecular formula is C16H29IN4O2S2. The summed E-state index contributed by atoms with van der Waals surface area (Å²) in [5, 5.41) is 6.61. The molecule has 6 nitrogen and oxygen atoms in total. The summed E-state index contributed by atoms with van der Waals surface area (Å²) in [6.07, 6.45) is 0.831. The van der Waals surface area contributed by atoms with Crippen LogP contribution in [0.15, 0.2) is 10.4 Å². The molecule has 1 aromatic heterocycles. The highest BCUT2D eigenvalue weighted by Gasteiger charge is 2.40. The lowest BCUT2D eigenvalue weighted by Crippen LogP contribution is -2.57. The molecule has 2 heterocycles. The van der Waals surface area contributed by atoms with Crippen molar-refractivity contribution in [2.75, 3.05) is 32.4 Å². The average molecular weight is 500 g/mol. The maximum atomic E-state index is 12.1. The van der Waals surface area contributed by atoms with Gasteiger partial charge in [-0.15, -0.1) is 35.3 Å². The first-order valence-electron chi connectivity index (χ1n) is 8.28. The minimum atomic E-state index is -3.04. The van der Waals surface area contributed by atoms with E-state index >= 15 is 0 Å². The van der Waals surface area contributed by atoms with Crippen molar-refractivity contribution >= 4 is 51.1 Å². The Balaban J connectivity index is 0.00000312. The molecule has 0 amide bonds. The van der Waals surface area contributed by atoms with E-state index < -0.39 is 14.6 Å². The van der Waals surface area contributed by atoms with Crippen molar-refractivity contribution < 1.29 is 8.42 Å². The molecule has 9 heteroatoms. The Morgan fingerprint density at radius 3 is 2.68 bits per heavy atom. The van der Waals surface area contributed by atoms with Gasteiger partial charge in [0.1, 0.15) is 0 Å². The number of guanidine groups is 1. The lowest BCUT2D eigenvalue weighted by atomic mass is 10.2. The Morgan fingerprint density at radius 2 is 2.16 bits per heavy atom. The normalized spacial score (nSPS) is 19.6. The van der Waals surface area contributed by atoms with Crippen LogP contribution in [0, 0.1) is 0 Å². The van der Waals surface area contributed by atoms with Gasteiger partial charge in [0.15, 0.2) is 15.8 Å². The van der Waals surface area contributed by atoms with Crippen molar-refractivity contribution in [1.82, 2.24) is 15.2 Å². The number of rotatable bonds is 4. The zero-order valence-corrected chi connectivity index (χ0v) is 19.5. The molecule has 0 aromatic carbocycles. The number of nitrogens with one attached hydrogen (secondary N) is 1. The van der Waals surface area contributed by atoms with Crippen molar-refractivity contribution in [2.45, 2.75) is 44.8 Å². The monoisotopic (exact) mass is 500 g/mol. The summed E-state index contributed by atoms with van der Waals surface area (Å²) in [5.41, 5.74) is 1.09. The van der Waals surface area contributed by atoms with E-state index in [4.69, 9.17) is 0 Å². The van der Waals surface area contributed by atoms with Gasteiger partial charge >= 0.3 is 0 Å². The largest absolute Gasteiger partial charge is 0.356 e. The highest BCUT2D eigenvalue weighted by atomic mass is 127. The lowest BCUT2D eigenvalue weighted by Gasteiger charge is -2.39. The number of sulfone groups is 1. The van der Waals surface area contributed by atoms with Gasteiger partial charge in [-0.2, -0.15) is 0 Å². The SMILES string of the molecule is CN=C(NCCc1csc(C(C)C)n1)N1CCS(=O)(=O)C(C)(C)C1.I. The minimum Gasteiger partial charge on any atom is -0.356 e. The second-order valence-electron chi connectivity index (χ2n) is 7.06. The van der Waals surface area contributed by atoms with Crippen molar-refractivity contribution in [1.29, 1.82) is 0 Å². The van der Waals surface area contributed by atoms with Crippen LogP contribution in [-0.4, -0.2) is 61.4 Å². The molecule has 0 aliphatic carbocycles. The van der Waals surface area contributed by atoms with E-state index in [1.807, 2.05) is 4.90 Å². The fraction of sp³-hybridized carbons (Fsp3) is 0.750. The zero-order valence-electron chi connectivity index (χ0n) is 15.6. The number of thiazole rings is 1. The van der Waals surface area contributed by atoms with Gasteiger partial charge in [0.2, 0.25) is 0 Å². The molecular weight excluding hydrogens is 471 g/mol. The summed E-state index contributed by atoms with van der Waals surface area (Å²) in [4.78, 5) is 11.0. The fourth-order valence-corrected chi connectivity index (χ4v) is 4.90. The van der Waals surface area contributed by atoms with Crippen LogP contribution in [0.3, 0.4) is 0 Å². The summed E-state index contributed by atoms with van der Waals surface area (Å²) >= 11 is 1.70. The molecule has 1 saturated heterocycles. The van der Waals surface area contributed by atoms with E-state index in [0.29, 0.717) is 19.0 Å². The zero-order chi connectivity index (χ0) is 18.0. The molecule has 0 spiro atoms. The fourth-order valence-electron chi connectivity index (χ4n) is 2.66. The van der Waals surface area contributed by atoms with E-state index in [1.165, 1.54) is 0 Å². The molecule has 1 fully saturated rings. The maximum Gasteiger partial charge on any atom is 0.193 e. The average Bonchev–Trinajstić information content (AvgIpc) is 2.96. The Hall–Kier alpha value is -0.420. The van der Waals surface area contributed by atoms with Crippen LogP contribution in [0.4, 0.5) is 0 Å². The number of hydrogen-bond acceptors (Lipinski definition) is 5. The van der Waals surface area contributed by atoms with Gasteiger partial charge in [-0.1, -0.05) is 13.8 Å². The van der Waals surface area contributed by atoms with Crippen LogP contribution in [0.2, 0.25) is 0 Å². The van der Waals surface area contributed by atoms with E-state index in [1.54, 1.807) is 32.2 Å². The number of aromatic nitrogens is 1. The summed E-state index contributed by atoms with van der Waals surface area (Å²) in [7, 11) is -1.30. The second-order valence-corrected chi connectivity index (χ2v) is 10.7. The van der Waals surface area contributed by atoms with Gasteiger partial charge in [0, 0.05) is 44.4 Å². The predicted molar refractivity (Wildman–Crippen MR) is 116 cm³/mol. The van der Waals surface area contributed by atoms with Crippen LogP contribution in [0.5, 0.6) is 0 Å². The van der Waals surface area contributed by atoms with Gasteiger partial charge in [-0.05, 0) is 13.8 Å². The van der Waals surface area contributed by atoms with Gasteiger partial charge in [-0.3, -0.25) is 4.99 Å². The molecule has 1 aromatic rings. The number of halogens is 1. The topological polar surface area (TPSA) is 74.7 Å². The Bertz CT molecular complexity index is 699. The molecule has 144 valence electrons. The molecule has 1 aliphatic rings. The Kier molecular flexibility index (Phi) is 8.13. The third-order valence-corrected chi connectivity index (χ3v) is 8.01. The summed E-state index contributed by atoms with van der Waals surface area (Å²) in [6.45, 7) is 9.54. The van der Waals surface area contributed by atoms with Crippen LogP contribution in [0.25, 0.3) is 0 Å². The van der Waals surface area contributed by atoms with Crippen molar-refractivity contribution in [3.05, 3.63) is 16.1 Å². The molecule has 0 atom stereocenters. The summed E-state index contributed by atoms with van der Waals surface area (Å²) < 4.78 is 23.5. The van der Waals surface area contributed by atoms with E-state index in [-0.39, 0.29) is 29.7 Å². The maximum absolute atomic E-state index is 12.1. The lowest BCUT2D eigenvalue weighted by molar-refractivity contribution is 0.353. The highest BCUT2D eigenvalue weighted by Crippen LogP contribution is 2.23. The summed E-state index contributed by atoms with van der Waals surface area (Å²) in [6, 6.07) is 0. The molecule has 2 rings (SSSR count). The predicted octanol–water partition coefficient (Wildman–Crippen LogP) is 2.51. The highest BCUT2D eigenvalue weighted by molar-refractivity contribution is 14.0. The standard InChI is InChI=1S/C16H28N4O2S2.HI/c1-12(2)14-19-13(10-23-14)6-7-18-15(17-5)20-8-9-24(21,22)16(3,4)11-20;/h10,12H,6-9,11H2,1-5H3,(H,17,18);1H. The first-order chi connectivity index (χ1) is 11.2. The number of nitrogens with zero attached hydrogens (tertiary/aromatic N) is 3. The Labute approximate surface area is 172 Å². The molecule has 1 N–H and O–H groups in total. The molecule has 0 unspecified atom stereocenters. The number of hydrogen-bond donors (Lipinski definition) is 1. The second kappa shape index (κ2) is 8.98. The third-order valence-electron chi connectivity index (χ3n) is 4.28. The van der Waals surface area contributed by atoms with Crippen LogP contribution < -0.4 is 5.32 Å². The van der Waals surface area contributed by atoms with Gasteiger partial charge in [-0.25, -0.2) is 13.4 Å². The molecule has 0 bridgehead atoms.